The fraction of sp³-hybridized carbons (Fsp3) is 0.899. The lowest BCUT2D eigenvalue weighted by Crippen LogP contribution is -2.65. The van der Waals surface area contributed by atoms with Crippen molar-refractivity contribution in [2.75, 3.05) is 19.8 Å². The Morgan fingerprint density at radius 2 is 0.771 bits per heavy atom. The van der Waals surface area contributed by atoms with Crippen molar-refractivity contribution in [1.82, 2.24) is 5.32 Å². The molecule has 0 aromatic heterocycles. The predicted molar refractivity (Wildman–Crippen MR) is 337 cm³/mol. The van der Waals surface area contributed by atoms with Crippen LogP contribution in [-0.4, -0.2) is 140 Å². The van der Waals surface area contributed by atoms with Crippen molar-refractivity contribution >= 4 is 5.91 Å². The van der Waals surface area contributed by atoms with Crippen LogP contribution >= 0.6 is 0 Å². The topological polar surface area (TPSA) is 228 Å². The summed E-state index contributed by atoms with van der Waals surface area (Å²) in [4.78, 5) is 13.3. The van der Waals surface area contributed by atoms with Crippen molar-refractivity contribution in [3.63, 3.8) is 0 Å². The molecule has 9 N–H and O–H groups in total. The van der Waals surface area contributed by atoms with Crippen LogP contribution in [-0.2, 0) is 23.7 Å². The van der Waals surface area contributed by atoms with E-state index >= 15 is 0 Å². The molecule has 83 heavy (non-hydrogen) atoms. The molecule has 0 aromatic carbocycles. The van der Waals surface area contributed by atoms with Crippen molar-refractivity contribution in [2.45, 2.75) is 376 Å². The predicted octanol–water partition coefficient (Wildman–Crippen LogP) is 13.7. The van der Waals surface area contributed by atoms with Gasteiger partial charge in [-0.2, -0.15) is 0 Å². The zero-order valence-corrected chi connectivity index (χ0v) is 53.0. The molecule has 0 aliphatic carbocycles. The zero-order valence-electron chi connectivity index (χ0n) is 53.0. The lowest BCUT2D eigenvalue weighted by Gasteiger charge is -2.46. The van der Waals surface area contributed by atoms with E-state index in [9.17, 15) is 45.6 Å². The van der Waals surface area contributed by atoms with Gasteiger partial charge in [-0.15, -0.1) is 0 Å². The SMILES string of the molecule is CCCCCCCCCCCCCCCCCCCCCC/C=C/CC/C=C/CC/C=C/C(O)C(COC1OC(CO)C(OC2OC(CO)C(O)C(O)C2O)C(O)C1O)NC(=O)CCCCCCCCCCCCCCCCCCCCC. The molecule has 12 atom stereocenters. The van der Waals surface area contributed by atoms with Crippen LogP contribution in [0.4, 0.5) is 0 Å². The van der Waals surface area contributed by atoms with Crippen LogP contribution in [0.5, 0.6) is 0 Å². The first-order chi connectivity index (χ1) is 40.6. The monoisotopic (exact) mass is 1180 g/mol. The van der Waals surface area contributed by atoms with Crippen LogP contribution in [0.15, 0.2) is 36.5 Å². The van der Waals surface area contributed by atoms with E-state index in [1.807, 2.05) is 6.08 Å². The maximum absolute atomic E-state index is 13.3. The van der Waals surface area contributed by atoms with Crippen LogP contribution in [0.2, 0.25) is 0 Å². The Balaban J connectivity index is 1.70. The summed E-state index contributed by atoms with van der Waals surface area (Å²) in [6.45, 7) is 2.82. The van der Waals surface area contributed by atoms with E-state index in [0.717, 1.165) is 44.9 Å². The summed E-state index contributed by atoms with van der Waals surface area (Å²) in [7, 11) is 0. The second-order valence-electron chi connectivity index (χ2n) is 24.6. The maximum atomic E-state index is 13.3. The summed E-state index contributed by atoms with van der Waals surface area (Å²) in [6.07, 6.45) is 52.1. The number of carbonyl (C=O) groups is 1. The minimum atomic E-state index is -1.79. The zero-order chi connectivity index (χ0) is 60.2. The van der Waals surface area contributed by atoms with Crippen LogP contribution in [0.3, 0.4) is 0 Å². The number of hydrogen-bond acceptors (Lipinski definition) is 13. The van der Waals surface area contributed by atoms with E-state index in [1.165, 1.54) is 225 Å². The molecule has 0 bridgehead atoms. The number of carbonyl (C=O) groups excluding carboxylic acids is 1. The summed E-state index contributed by atoms with van der Waals surface area (Å²) in [5, 5.41) is 87.3. The van der Waals surface area contributed by atoms with Gasteiger partial charge in [-0.25, -0.2) is 0 Å². The molecule has 14 heteroatoms. The Hall–Kier alpha value is -1.79. The molecule has 0 saturated carbocycles. The van der Waals surface area contributed by atoms with Crippen molar-refractivity contribution in [2.24, 2.45) is 0 Å². The normalized spacial score (nSPS) is 24.0. The van der Waals surface area contributed by atoms with Gasteiger partial charge in [0.25, 0.3) is 0 Å². The number of hydrogen-bond donors (Lipinski definition) is 9. The first-order valence-corrected chi connectivity index (χ1v) is 34.7. The number of rotatable bonds is 57. The highest BCUT2D eigenvalue weighted by Gasteiger charge is 2.51. The van der Waals surface area contributed by atoms with Gasteiger partial charge in [-0.3, -0.25) is 4.79 Å². The van der Waals surface area contributed by atoms with Gasteiger partial charge in [-0.05, 0) is 44.9 Å². The highest BCUT2D eigenvalue weighted by Crippen LogP contribution is 2.30. The first-order valence-electron chi connectivity index (χ1n) is 34.7. The Kier molecular flexibility index (Phi) is 50.6. The molecule has 0 spiro atoms. The second-order valence-corrected chi connectivity index (χ2v) is 24.6. The van der Waals surface area contributed by atoms with Crippen LogP contribution < -0.4 is 5.32 Å². The summed E-state index contributed by atoms with van der Waals surface area (Å²) in [6, 6.07) is -0.936. The lowest BCUT2D eigenvalue weighted by molar-refractivity contribution is -0.359. The fourth-order valence-electron chi connectivity index (χ4n) is 11.5. The smallest absolute Gasteiger partial charge is 0.220 e. The lowest BCUT2D eigenvalue weighted by atomic mass is 9.97. The standard InChI is InChI=1S/C69H129NO13/c1-3-5-7-9-11-13-15-17-19-21-23-24-25-26-27-28-29-30-31-32-33-35-36-38-40-42-44-46-48-50-52-58(73)57(70-61(74)53-51-49-47-45-43-41-39-37-34-22-20-18-16-14-12-10-8-6-4-2)56-80-68-66(79)64(77)67(60(55-72)82-68)83-69-65(78)63(76)62(75)59(54-71)81-69/h35-36,42,44,50,52,57-60,62-69,71-73,75-79H,3-34,37-41,43,45-49,51,53-56H2,1-2H3,(H,70,74)/b36-35+,44-42+,52-50+. The second kappa shape index (κ2) is 54.4. The Morgan fingerprint density at radius 3 is 1.18 bits per heavy atom. The van der Waals surface area contributed by atoms with Crippen molar-refractivity contribution in [3.05, 3.63) is 36.5 Å². The third kappa shape index (κ3) is 39.0. The number of aliphatic hydroxyl groups is 8. The van der Waals surface area contributed by atoms with Crippen molar-refractivity contribution in [1.29, 1.82) is 0 Å². The van der Waals surface area contributed by atoms with E-state index in [2.05, 4.69) is 43.5 Å². The average molecular weight is 1180 g/mol. The number of aliphatic hydroxyl groups excluding tert-OH is 8. The average Bonchev–Trinajstić information content (AvgIpc) is 3.59. The molecule has 2 aliphatic rings. The van der Waals surface area contributed by atoms with Gasteiger partial charge in [0, 0.05) is 6.42 Å². The van der Waals surface area contributed by atoms with Gasteiger partial charge in [0.1, 0.15) is 48.8 Å². The van der Waals surface area contributed by atoms with Gasteiger partial charge in [0.2, 0.25) is 5.91 Å². The molecule has 0 radical (unpaired) electrons. The molecule has 14 nitrogen and oxygen atoms in total. The fourth-order valence-corrected chi connectivity index (χ4v) is 11.5. The van der Waals surface area contributed by atoms with Crippen LogP contribution in [0, 0.1) is 0 Å². The van der Waals surface area contributed by atoms with Gasteiger partial charge in [-0.1, -0.05) is 288 Å². The maximum Gasteiger partial charge on any atom is 0.220 e. The van der Waals surface area contributed by atoms with Gasteiger partial charge in [0.15, 0.2) is 12.6 Å². The van der Waals surface area contributed by atoms with E-state index < -0.39 is 86.8 Å². The number of nitrogens with one attached hydrogen (secondary N) is 1. The van der Waals surface area contributed by atoms with E-state index in [-0.39, 0.29) is 18.9 Å². The largest absolute Gasteiger partial charge is 0.394 e. The summed E-state index contributed by atoms with van der Waals surface area (Å²) < 4.78 is 22.8. The van der Waals surface area contributed by atoms with Crippen molar-refractivity contribution in [3.8, 4) is 0 Å². The number of ether oxygens (including phenoxy) is 4. The Morgan fingerprint density at radius 1 is 0.422 bits per heavy atom. The molecule has 1 amide bonds. The summed E-state index contributed by atoms with van der Waals surface area (Å²) in [5.74, 6) is -0.248. The van der Waals surface area contributed by atoms with Gasteiger partial charge < -0.3 is 65.1 Å². The van der Waals surface area contributed by atoms with Crippen LogP contribution in [0.25, 0.3) is 0 Å². The van der Waals surface area contributed by atoms with Gasteiger partial charge in [0.05, 0.1) is 32.0 Å². The molecular weight excluding hydrogens is 1050 g/mol. The van der Waals surface area contributed by atoms with Gasteiger partial charge >= 0.3 is 0 Å². The minimum Gasteiger partial charge on any atom is -0.394 e. The first kappa shape index (κ1) is 77.3. The Bertz CT molecular complexity index is 1530. The quantitative estimate of drug-likeness (QED) is 0.0204. The highest BCUT2D eigenvalue weighted by molar-refractivity contribution is 5.76. The molecule has 2 fully saturated rings. The molecule has 0 aromatic rings. The highest BCUT2D eigenvalue weighted by atomic mass is 16.7. The molecule has 12 unspecified atom stereocenters. The number of amides is 1. The minimum absolute atomic E-state index is 0.248. The number of allylic oxidation sites excluding steroid dienone is 5. The van der Waals surface area contributed by atoms with E-state index in [4.69, 9.17) is 18.9 Å². The summed E-state index contributed by atoms with van der Waals surface area (Å²) >= 11 is 0. The third-order valence-electron chi connectivity index (χ3n) is 17.1. The van der Waals surface area contributed by atoms with E-state index in [0.29, 0.717) is 12.8 Å². The molecule has 2 heterocycles. The molecule has 488 valence electrons. The van der Waals surface area contributed by atoms with E-state index in [1.54, 1.807) is 6.08 Å². The summed E-state index contributed by atoms with van der Waals surface area (Å²) in [5.41, 5.74) is 0. The van der Waals surface area contributed by atoms with Crippen molar-refractivity contribution < 1.29 is 64.6 Å². The molecule has 2 saturated heterocycles. The molecular formula is C69H129NO13. The van der Waals surface area contributed by atoms with Crippen LogP contribution in [0.1, 0.15) is 303 Å². The Labute approximate surface area is 506 Å². The third-order valence-corrected chi connectivity index (χ3v) is 17.1. The molecule has 2 aliphatic heterocycles. The number of unbranched alkanes of at least 4 members (excludes halogenated alkanes) is 40. The molecule has 2 rings (SSSR count).